The molecule has 0 spiro atoms. The van der Waals surface area contributed by atoms with Crippen LogP contribution in [0.25, 0.3) is 6.08 Å². The predicted molar refractivity (Wildman–Crippen MR) is 92.3 cm³/mol. The summed E-state index contributed by atoms with van der Waals surface area (Å²) in [5.74, 6) is 1.69. The summed E-state index contributed by atoms with van der Waals surface area (Å²) in [6, 6.07) is 3.63. The van der Waals surface area contributed by atoms with Crippen molar-refractivity contribution in [3.8, 4) is 17.2 Å². The van der Waals surface area contributed by atoms with E-state index in [1.807, 2.05) is 17.0 Å². The largest absolute Gasteiger partial charge is 0.493 e. The average molecular weight is 321 g/mol. The van der Waals surface area contributed by atoms with Gasteiger partial charge >= 0.3 is 0 Å². The molecule has 128 valence electrons. The highest BCUT2D eigenvalue weighted by Gasteiger charge is 2.13. The minimum absolute atomic E-state index is 0.0162. The fourth-order valence-corrected chi connectivity index (χ4v) is 2.34. The van der Waals surface area contributed by atoms with Crippen LogP contribution >= 0.6 is 0 Å². The average Bonchev–Trinajstić information content (AvgIpc) is 2.58. The van der Waals surface area contributed by atoms with Crippen LogP contribution in [0.5, 0.6) is 17.2 Å². The van der Waals surface area contributed by atoms with E-state index in [9.17, 15) is 4.79 Å². The maximum atomic E-state index is 12.3. The van der Waals surface area contributed by atoms with Crippen LogP contribution in [0.2, 0.25) is 0 Å². The molecular formula is C18H27NO4. The quantitative estimate of drug-likeness (QED) is 0.654. The molecule has 0 unspecified atom stereocenters. The highest BCUT2D eigenvalue weighted by atomic mass is 16.5. The monoisotopic (exact) mass is 321 g/mol. The van der Waals surface area contributed by atoms with E-state index in [2.05, 4.69) is 13.8 Å². The third-order valence-electron chi connectivity index (χ3n) is 3.40. The van der Waals surface area contributed by atoms with Gasteiger partial charge in [-0.3, -0.25) is 4.79 Å². The Morgan fingerprint density at radius 3 is 1.91 bits per heavy atom. The lowest BCUT2D eigenvalue weighted by Gasteiger charge is -2.19. The van der Waals surface area contributed by atoms with Crippen molar-refractivity contribution in [2.24, 2.45) is 0 Å². The van der Waals surface area contributed by atoms with Crippen LogP contribution in [0.4, 0.5) is 0 Å². The molecule has 0 aliphatic rings. The molecule has 0 saturated heterocycles. The van der Waals surface area contributed by atoms with Crippen molar-refractivity contribution >= 4 is 12.0 Å². The van der Waals surface area contributed by atoms with E-state index < -0.39 is 0 Å². The Balaban J connectivity index is 3.00. The number of ether oxygens (including phenoxy) is 3. The van der Waals surface area contributed by atoms with Gasteiger partial charge in [0.25, 0.3) is 0 Å². The number of hydrogen-bond acceptors (Lipinski definition) is 4. The number of hydrogen-bond donors (Lipinski definition) is 0. The SMILES string of the molecule is CCCN(CCC)C(=O)C=Cc1cc(OC)c(OC)c(OC)c1. The molecule has 0 bridgehead atoms. The fraction of sp³-hybridized carbons (Fsp3) is 0.500. The first-order chi connectivity index (χ1) is 11.1. The maximum absolute atomic E-state index is 12.3. The smallest absolute Gasteiger partial charge is 0.246 e. The minimum Gasteiger partial charge on any atom is -0.493 e. The van der Waals surface area contributed by atoms with Gasteiger partial charge < -0.3 is 19.1 Å². The van der Waals surface area contributed by atoms with Crippen LogP contribution < -0.4 is 14.2 Å². The van der Waals surface area contributed by atoms with Crippen molar-refractivity contribution in [3.05, 3.63) is 23.8 Å². The van der Waals surface area contributed by atoms with Crippen LogP contribution in [-0.4, -0.2) is 45.2 Å². The van der Waals surface area contributed by atoms with Crippen LogP contribution in [-0.2, 0) is 4.79 Å². The molecule has 0 atom stereocenters. The Hall–Kier alpha value is -2.17. The molecular weight excluding hydrogens is 294 g/mol. The second-order valence-corrected chi connectivity index (χ2v) is 5.12. The van der Waals surface area contributed by atoms with E-state index in [1.165, 1.54) is 0 Å². The molecule has 0 fully saturated rings. The zero-order chi connectivity index (χ0) is 17.2. The van der Waals surface area contributed by atoms with Gasteiger partial charge in [-0.25, -0.2) is 0 Å². The Morgan fingerprint density at radius 1 is 1.00 bits per heavy atom. The van der Waals surface area contributed by atoms with Gasteiger partial charge in [-0.05, 0) is 36.6 Å². The molecule has 0 saturated carbocycles. The van der Waals surface area contributed by atoms with Crippen LogP contribution in [0.15, 0.2) is 18.2 Å². The number of rotatable bonds is 9. The van der Waals surface area contributed by atoms with E-state index >= 15 is 0 Å². The van der Waals surface area contributed by atoms with E-state index in [0.717, 1.165) is 31.5 Å². The van der Waals surface area contributed by atoms with E-state index in [-0.39, 0.29) is 5.91 Å². The molecule has 0 aliphatic carbocycles. The summed E-state index contributed by atoms with van der Waals surface area (Å²) in [6.45, 7) is 5.68. The third-order valence-corrected chi connectivity index (χ3v) is 3.40. The van der Waals surface area contributed by atoms with E-state index in [0.29, 0.717) is 17.2 Å². The van der Waals surface area contributed by atoms with Gasteiger partial charge in [0.2, 0.25) is 11.7 Å². The molecule has 23 heavy (non-hydrogen) atoms. The zero-order valence-electron chi connectivity index (χ0n) is 14.7. The lowest BCUT2D eigenvalue weighted by molar-refractivity contribution is -0.126. The molecule has 0 aliphatic heterocycles. The van der Waals surface area contributed by atoms with Crippen LogP contribution in [0.3, 0.4) is 0 Å². The van der Waals surface area contributed by atoms with Gasteiger partial charge in [-0.15, -0.1) is 0 Å². The Morgan fingerprint density at radius 2 is 1.52 bits per heavy atom. The van der Waals surface area contributed by atoms with Crippen molar-refractivity contribution in [3.63, 3.8) is 0 Å². The van der Waals surface area contributed by atoms with Crippen LogP contribution in [0.1, 0.15) is 32.3 Å². The minimum atomic E-state index is 0.0162. The maximum Gasteiger partial charge on any atom is 0.246 e. The summed E-state index contributed by atoms with van der Waals surface area (Å²) in [7, 11) is 4.70. The first-order valence-electron chi connectivity index (χ1n) is 7.88. The summed E-state index contributed by atoms with van der Waals surface area (Å²) in [6.07, 6.45) is 5.25. The first kappa shape index (κ1) is 18.9. The first-order valence-corrected chi connectivity index (χ1v) is 7.88. The molecule has 5 heteroatoms. The number of methoxy groups -OCH3 is 3. The van der Waals surface area contributed by atoms with Gasteiger partial charge in [-0.2, -0.15) is 0 Å². The van der Waals surface area contributed by atoms with Gasteiger partial charge in [0.1, 0.15) is 0 Å². The number of amides is 1. The molecule has 1 rings (SSSR count). The summed E-state index contributed by atoms with van der Waals surface area (Å²) < 4.78 is 15.9. The van der Waals surface area contributed by atoms with Gasteiger partial charge in [0.05, 0.1) is 21.3 Å². The van der Waals surface area contributed by atoms with E-state index in [1.54, 1.807) is 33.5 Å². The van der Waals surface area contributed by atoms with Crippen molar-refractivity contribution < 1.29 is 19.0 Å². The predicted octanol–water partition coefficient (Wildman–Crippen LogP) is 3.37. The molecule has 0 heterocycles. The van der Waals surface area contributed by atoms with Gasteiger partial charge in [0, 0.05) is 19.2 Å². The topological polar surface area (TPSA) is 48.0 Å². The second-order valence-electron chi connectivity index (χ2n) is 5.12. The molecule has 1 aromatic rings. The standard InChI is InChI=1S/C18H27NO4/c1-6-10-19(11-7-2)17(20)9-8-14-12-15(21-3)18(23-5)16(13-14)22-4/h8-9,12-13H,6-7,10-11H2,1-5H3. The normalized spacial score (nSPS) is 10.7. The van der Waals surface area contributed by atoms with E-state index in [4.69, 9.17) is 14.2 Å². The molecule has 0 radical (unpaired) electrons. The van der Waals surface area contributed by atoms with Gasteiger partial charge in [0.15, 0.2) is 11.5 Å². The lowest BCUT2D eigenvalue weighted by Crippen LogP contribution is -2.30. The second kappa shape index (κ2) is 9.77. The molecule has 5 nitrogen and oxygen atoms in total. The lowest BCUT2D eigenvalue weighted by atomic mass is 10.1. The van der Waals surface area contributed by atoms with Crippen molar-refractivity contribution in [1.29, 1.82) is 0 Å². The number of carbonyl (C=O) groups excluding carboxylic acids is 1. The Kier molecular flexibility index (Phi) is 8.02. The molecule has 1 amide bonds. The fourth-order valence-electron chi connectivity index (χ4n) is 2.34. The summed E-state index contributed by atoms with van der Waals surface area (Å²) in [4.78, 5) is 14.1. The molecule has 0 aromatic heterocycles. The Bertz CT molecular complexity index is 509. The van der Waals surface area contributed by atoms with Crippen molar-refractivity contribution in [1.82, 2.24) is 4.90 Å². The molecule has 0 N–H and O–H groups in total. The van der Waals surface area contributed by atoms with Crippen molar-refractivity contribution in [2.75, 3.05) is 34.4 Å². The number of benzene rings is 1. The molecule has 1 aromatic carbocycles. The zero-order valence-corrected chi connectivity index (χ0v) is 14.7. The highest BCUT2D eigenvalue weighted by molar-refractivity contribution is 5.92. The summed E-state index contributed by atoms with van der Waals surface area (Å²) in [5, 5.41) is 0. The van der Waals surface area contributed by atoms with Crippen molar-refractivity contribution in [2.45, 2.75) is 26.7 Å². The van der Waals surface area contributed by atoms with Crippen LogP contribution in [0, 0.1) is 0 Å². The van der Waals surface area contributed by atoms with Gasteiger partial charge in [-0.1, -0.05) is 13.8 Å². The third kappa shape index (κ3) is 5.20. The Labute approximate surface area is 138 Å². The highest BCUT2D eigenvalue weighted by Crippen LogP contribution is 2.38. The number of nitrogens with zero attached hydrogens (tertiary/aromatic N) is 1. The summed E-state index contributed by atoms with van der Waals surface area (Å²) >= 11 is 0. The summed E-state index contributed by atoms with van der Waals surface area (Å²) in [5.41, 5.74) is 0.820. The number of carbonyl (C=O) groups is 1.